The van der Waals surface area contributed by atoms with Gasteiger partial charge in [-0.3, -0.25) is 14.9 Å². The van der Waals surface area contributed by atoms with Crippen LogP contribution in [-0.4, -0.2) is 27.7 Å². The number of nitrogens with zero attached hydrogens (tertiary/aromatic N) is 2. The van der Waals surface area contributed by atoms with Crippen LogP contribution in [0.2, 0.25) is 5.02 Å². The first-order valence-corrected chi connectivity index (χ1v) is 7.65. The fourth-order valence-electron chi connectivity index (χ4n) is 2.17. The zero-order valence-corrected chi connectivity index (χ0v) is 13.7. The lowest BCUT2D eigenvalue weighted by atomic mass is 10.1. The topological polar surface area (TPSA) is 79.9 Å². The highest BCUT2D eigenvalue weighted by Crippen LogP contribution is 2.25. The predicted molar refractivity (Wildman–Crippen MR) is 92.1 cm³/mol. The van der Waals surface area contributed by atoms with E-state index in [0.29, 0.717) is 16.6 Å². The van der Waals surface area contributed by atoms with E-state index in [0.717, 1.165) is 16.8 Å². The van der Waals surface area contributed by atoms with Crippen LogP contribution in [0.25, 0.3) is 11.3 Å². The first-order valence-electron chi connectivity index (χ1n) is 7.27. The van der Waals surface area contributed by atoms with E-state index in [9.17, 15) is 4.79 Å². The van der Waals surface area contributed by atoms with E-state index in [4.69, 9.17) is 16.3 Å². The number of amides is 1. The third kappa shape index (κ3) is 3.72. The molecule has 0 atom stereocenters. The Hall–Kier alpha value is -2.86. The van der Waals surface area contributed by atoms with Crippen LogP contribution in [0, 0.1) is 6.92 Å². The average molecular weight is 343 g/mol. The van der Waals surface area contributed by atoms with Gasteiger partial charge in [0, 0.05) is 28.5 Å². The molecule has 6 nitrogen and oxygen atoms in total. The molecule has 0 aliphatic carbocycles. The first-order chi connectivity index (χ1) is 11.6. The van der Waals surface area contributed by atoms with E-state index in [2.05, 4.69) is 20.5 Å². The minimum absolute atomic E-state index is 0.106. The summed E-state index contributed by atoms with van der Waals surface area (Å²) in [6.45, 7) is 1.78. The van der Waals surface area contributed by atoms with E-state index < -0.39 is 0 Å². The lowest BCUT2D eigenvalue weighted by Crippen LogP contribution is -2.20. The lowest BCUT2D eigenvalue weighted by molar-refractivity contribution is -0.118. The minimum Gasteiger partial charge on any atom is -0.484 e. The highest BCUT2D eigenvalue weighted by atomic mass is 35.5. The molecule has 2 N–H and O–H groups in total. The molecule has 3 aromatic rings. The maximum atomic E-state index is 12.0. The Balaban J connectivity index is 1.63. The van der Waals surface area contributed by atoms with Gasteiger partial charge in [0.15, 0.2) is 6.61 Å². The molecule has 0 saturated heterocycles. The second-order valence-electron chi connectivity index (χ2n) is 5.10. The summed E-state index contributed by atoms with van der Waals surface area (Å²) in [6.07, 6.45) is 3.39. The largest absolute Gasteiger partial charge is 0.484 e. The first kappa shape index (κ1) is 16.0. The molecule has 1 aromatic carbocycles. The van der Waals surface area contributed by atoms with Crippen molar-refractivity contribution in [3.05, 3.63) is 59.4 Å². The van der Waals surface area contributed by atoms with Crippen LogP contribution in [0.1, 0.15) is 5.56 Å². The van der Waals surface area contributed by atoms with Crippen LogP contribution in [0.4, 0.5) is 5.82 Å². The van der Waals surface area contributed by atoms with E-state index in [1.807, 2.05) is 19.1 Å². The van der Waals surface area contributed by atoms with Gasteiger partial charge in [-0.2, -0.15) is 5.10 Å². The van der Waals surface area contributed by atoms with Gasteiger partial charge in [-0.05, 0) is 43.3 Å². The van der Waals surface area contributed by atoms with Crippen LogP contribution in [-0.2, 0) is 4.79 Å². The number of halogens is 1. The predicted octanol–water partition coefficient (Wildman–Crippen LogP) is 3.45. The molecule has 0 spiro atoms. The zero-order chi connectivity index (χ0) is 16.9. The third-order valence-electron chi connectivity index (χ3n) is 3.41. The van der Waals surface area contributed by atoms with Crippen LogP contribution in [0.3, 0.4) is 0 Å². The molecule has 3 rings (SSSR count). The number of benzene rings is 1. The number of hydrogen-bond acceptors (Lipinski definition) is 4. The average Bonchev–Trinajstić information content (AvgIpc) is 2.96. The second-order valence-corrected chi connectivity index (χ2v) is 5.54. The molecule has 0 bridgehead atoms. The van der Waals surface area contributed by atoms with E-state index in [-0.39, 0.29) is 12.5 Å². The second kappa shape index (κ2) is 7.14. The summed E-state index contributed by atoms with van der Waals surface area (Å²) in [5.41, 5.74) is 2.55. The van der Waals surface area contributed by atoms with Crippen molar-refractivity contribution >= 4 is 23.3 Å². The van der Waals surface area contributed by atoms with Gasteiger partial charge in [0.1, 0.15) is 11.6 Å². The van der Waals surface area contributed by atoms with Gasteiger partial charge in [0.05, 0.1) is 5.69 Å². The molecule has 24 heavy (non-hydrogen) atoms. The fraction of sp³-hybridized carbons (Fsp3) is 0.118. The van der Waals surface area contributed by atoms with Gasteiger partial charge in [-0.15, -0.1) is 0 Å². The van der Waals surface area contributed by atoms with Gasteiger partial charge < -0.3 is 10.1 Å². The molecule has 0 saturated carbocycles. The number of H-pyrrole nitrogens is 1. The highest BCUT2D eigenvalue weighted by molar-refractivity contribution is 6.30. The Labute approximate surface area is 143 Å². The van der Waals surface area contributed by atoms with Crippen molar-refractivity contribution in [1.82, 2.24) is 15.2 Å². The SMILES string of the molecule is Cc1c(-c2ccncc2)n[nH]c1NC(=O)COc1ccc(Cl)cc1. The molecule has 2 heterocycles. The molecule has 7 heteroatoms. The zero-order valence-electron chi connectivity index (χ0n) is 12.9. The molecule has 0 aliphatic heterocycles. The number of aromatic amines is 1. The van der Waals surface area contributed by atoms with Crippen molar-refractivity contribution < 1.29 is 9.53 Å². The van der Waals surface area contributed by atoms with Gasteiger partial charge in [-0.25, -0.2) is 0 Å². The summed E-state index contributed by atoms with van der Waals surface area (Å²) in [4.78, 5) is 16.0. The van der Waals surface area contributed by atoms with Gasteiger partial charge >= 0.3 is 0 Å². The molecular weight excluding hydrogens is 328 g/mol. The summed E-state index contributed by atoms with van der Waals surface area (Å²) in [5, 5.41) is 10.5. The van der Waals surface area contributed by atoms with Crippen LogP contribution in [0.15, 0.2) is 48.8 Å². The van der Waals surface area contributed by atoms with Crippen molar-refractivity contribution in [2.45, 2.75) is 6.92 Å². The molecule has 0 radical (unpaired) electrons. The van der Waals surface area contributed by atoms with Crippen LogP contribution < -0.4 is 10.1 Å². The number of carbonyl (C=O) groups is 1. The number of aromatic nitrogens is 3. The Morgan fingerprint density at radius 2 is 1.92 bits per heavy atom. The van der Waals surface area contributed by atoms with E-state index in [1.165, 1.54) is 0 Å². The monoisotopic (exact) mass is 342 g/mol. The maximum absolute atomic E-state index is 12.0. The number of ether oxygens (including phenoxy) is 1. The summed E-state index contributed by atoms with van der Waals surface area (Å²) < 4.78 is 5.41. The molecule has 1 amide bonds. The van der Waals surface area contributed by atoms with Gasteiger partial charge in [0.2, 0.25) is 0 Å². The number of pyridine rings is 1. The van der Waals surface area contributed by atoms with Crippen LogP contribution in [0.5, 0.6) is 5.75 Å². The van der Waals surface area contributed by atoms with Crippen molar-refractivity contribution in [1.29, 1.82) is 0 Å². The number of nitrogens with one attached hydrogen (secondary N) is 2. The molecule has 0 aliphatic rings. The normalized spacial score (nSPS) is 10.4. The van der Waals surface area contributed by atoms with Crippen molar-refractivity contribution in [2.75, 3.05) is 11.9 Å². The molecule has 0 fully saturated rings. The molecule has 122 valence electrons. The maximum Gasteiger partial charge on any atom is 0.263 e. The molecule has 2 aromatic heterocycles. The van der Waals surface area contributed by atoms with Gasteiger partial charge in [-0.1, -0.05) is 11.6 Å². The van der Waals surface area contributed by atoms with Gasteiger partial charge in [0.25, 0.3) is 5.91 Å². The Bertz CT molecular complexity index is 832. The van der Waals surface area contributed by atoms with E-state index in [1.54, 1.807) is 36.7 Å². The molecule has 0 unspecified atom stereocenters. The van der Waals surface area contributed by atoms with E-state index >= 15 is 0 Å². The molecular formula is C17H15ClN4O2. The third-order valence-corrected chi connectivity index (χ3v) is 3.66. The Morgan fingerprint density at radius 3 is 2.62 bits per heavy atom. The summed E-state index contributed by atoms with van der Waals surface area (Å²) in [6, 6.07) is 10.5. The smallest absolute Gasteiger partial charge is 0.263 e. The standard InChI is InChI=1S/C17H15ClN4O2/c1-11-16(12-6-8-19-9-7-12)21-22-17(11)20-15(23)10-24-14-4-2-13(18)3-5-14/h2-9H,10H2,1H3,(H2,20,21,22,23). The summed E-state index contributed by atoms with van der Waals surface area (Å²) in [7, 11) is 0. The number of carbonyl (C=O) groups excluding carboxylic acids is 1. The fourth-order valence-corrected chi connectivity index (χ4v) is 2.29. The van der Waals surface area contributed by atoms with Crippen molar-refractivity contribution in [3.63, 3.8) is 0 Å². The summed E-state index contributed by atoms with van der Waals surface area (Å²) in [5.74, 6) is 0.845. The minimum atomic E-state index is -0.280. The van der Waals surface area contributed by atoms with Crippen molar-refractivity contribution in [3.8, 4) is 17.0 Å². The number of rotatable bonds is 5. The lowest BCUT2D eigenvalue weighted by Gasteiger charge is -2.07. The Kier molecular flexibility index (Phi) is 4.77. The quantitative estimate of drug-likeness (QED) is 0.744. The number of anilines is 1. The van der Waals surface area contributed by atoms with Crippen LogP contribution >= 0.6 is 11.6 Å². The van der Waals surface area contributed by atoms with Crippen molar-refractivity contribution in [2.24, 2.45) is 0 Å². The number of hydrogen-bond donors (Lipinski definition) is 2. The summed E-state index contributed by atoms with van der Waals surface area (Å²) >= 11 is 5.80. The Morgan fingerprint density at radius 1 is 1.21 bits per heavy atom. The highest BCUT2D eigenvalue weighted by Gasteiger charge is 2.13.